The molecule has 1 rings (SSSR count). The molecular weight excluding hydrogens is 364 g/mol. The lowest BCUT2D eigenvalue weighted by Crippen LogP contribution is -2.25. The van der Waals surface area contributed by atoms with Crippen molar-refractivity contribution in [2.24, 2.45) is 5.92 Å². The van der Waals surface area contributed by atoms with Crippen LogP contribution in [0.1, 0.15) is 19.4 Å². The Hall–Kier alpha value is -0.630. The first-order chi connectivity index (χ1) is 8.96. The second-order valence-corrected chi connectivity index (χ2v) is 7.75. The Morgan fingerprint density at radius 2 is 1.80 bits per heavy atom. The summed E-state index contributed by atoms with van der Waals surface area (Å²) in [7, 11) is -5.56. The molecular formula is C12H13BrF4O2S. The first-order valence-corrected chi connectivity index (χ1v) is 8.10. The number of alkyl halides is 4. The monoisotopic (exact) mass is 376 g/mol. The second kappa shape index (κ2) is 6.01. The van der Waals surface area contributed by atoms with Gasteiger partial charge >= 0.3 is 5.51 Å². The standard InChI is InChI=1S/C12H13BrF4O2S/c1-7(2)10(13)5-8-3-4-9(14)6-11(8)20(18,19)12(15,16)17/h3-4,6-7,10H,5H2,1-2H3. The highest BCUT2D eigenvalue weighted by Crippen LogP contribution is 2.34. The number of halogens is 5. The molecule has 0 saturated carbocycles. The summed E-state index contributed by atoms with van der Waals surface area (Å²) in [6, 6.07) is 2.44. The summed E-state index contributed by atoms with van der Waals surface area (Å²) in [4.78, 5) is -1.23. The van der Waals surface area contributed by atoms with Crippen molar-refractivity contribution in [1.29, 1.82) is 0 Å². The predicted molar refractivity (Wildman–Crippen MR) is 70.9 cm³/mol. The van der Waals surface area contributed by atoms with Gasteiger partial charge in [0.1, 0.15) is 5.82 Å². The van der Waals surface area contributed by atoms with E-state index in [1.165, 1.54) is 0 Å². The molecule has 0 aromatic heterocycles. The van der Waals surface area contributed by atoms with E-state index in [4.69, 9.17) is 0 Å². The molecule has 0 saturated heterocycles. The third-order valence-corrected chi connectivity index (χ3v) is 5.71. The Bertz CT molecular complexity index is 582. The summed E-state index contributed by atoms with van der Waals surface area (Å²) in [6.45, 7) is 3.67. The highest BCUT2D eigenvalue weighted by Gasteiger charge is 2.48. The van der Waals surface area contributed by atoms with Crippen molar-refractivity contribution < 1.29 is 26.0 Å². The van der Waals surface area contributed by atoms with Crippen molar-refractivity contribution in [1.82, 2.24) is 0 Å². The van der Waals surface area contributed by atoms with Crippen molar-refractivity contribution in [3.05, 3.63) is 29.6 Å². The largest absolute Gasteiger partial charge is 0.501 e. The molecule has 1 unspecified atom stereocenters. The molecule has 0 N–H and O–H groups in total. The molecule has 2 nitrogen and oxygen atoms in total. The molecule has 0 fully saturated rings. The summed E-state index contributed by atoms with van der Waals surface area (Å²) in [5.41, 5.74) is -5.51. The molecule has 1 aromatic rings. The predicted octanol–water partition coefficient (Wildman–Crippen LogP) is 4.08. The maximum atomic E-state index is 13.1. The van der Waals surface area contributed by atoms with E-state index in [-0.39, 0.29) is 22.7 Å². The van der Waals surface area contributed by atoms with Crippen LogP contribution >= 0.6 is 15.9 Å². The van der Waals surface area contributed by atoms with Crippen LogP contribution in [0.25, 0.3) is 0 Å². The van der Waals surface area contributed by atoms with Gasteiger partial charge in [0.2, 0.25) is 0 Å². The molecule has 0 aliphatic heterocycles. The average Bonchev–Trinajstić information content (AvgIpc) is 2.29. The maximum Gasteiger partial charge on any atom is 0.501 e. The maximum absolute atomic E-state index is 13.1. The van der Waals surface area contributed by atoms with Gasteiger partial charge in [0.05, 0.1) is 4.90 Å². The van der Waals surface area contributed by atoms with Gasteiger partial charge in [0, 0.05) is 4.83 Å². The molecule has 1 atom stereocenters. The van der Waals surface area contributed by atoms with Gasteiger partial charge in [0.15, 0.2) is 0 Å². The number of hydrogen-bond donors (Lipinski definition) is 0. The van der Waals surface area contributed by atoms with E-state index in [1.807, 2.05) is 13.8 Å². The summed E-state index contributed by atoms with van der Waals surface area (Å²) < 4.78 is 73.9. The van der Waals surface area contributed by atoms with Gasteiger partial charge in [-0.3, -0.25) is 0 Å². The van der Waals surface area contributed by atoms with E-state index in [9.17, 15) is 26.0 Å². The molecule has 0 heterocycles. The first-order valence-electron chi connectivity index (χ1n) is 5.70. The van der Waals surface area contributed by atoms with Crippen molar-refractivity contribution >= 4 is 25.8 Å². The van der Waals surface area contributed by atoms with Gasteiger partial charge in [-0.25, -0.2) is 12.8 Å². The van der Waals surface area contributed by atoms with Gasteiger partial charge in [0.25, 0.3) is 9.84 Å². The van der Waals surface area contributed by atoms with Crippen LogP contribution in [0.2, 0.25) is 0 Å². The molecule has 0 aliphatic carbocycles. The Kier molecular flexibility index (Phi) is 5.23. The normalized spacial score (nSPS) is 14.6. The van der Waals surface area contributed by atoms with Crippen LogP contribution in [0.15, 0.2) is 23.1 Å². The molecule has 0 aliphatic rings. The van der Waals surface area contributed by atoms with Crippen LogP contribution in [0.4, 0.5) is 17.6 Å². The number of sulfone groups is 1. The highest BCUT2D eigenvalue weighted by atomic mass is 79.9. The number of rotatable bonds is 4. The zero-order valence-corrected chi connectivity index (χ0v) is 13.1. The lowest BCUT2D eigenvalue weighted by atomic mass is 10.0. The summed E-state index contributed by atoms with van der Waals surface area (Å²) in [6.07, 6.45) is 0.0581. The van der Waals surface area contributed by atoms with Crippen molar-refractivity contribution in [2.45, 2.75) is 35.5 Å². The SMILES string of the molecule is CC(C)C(Br)Cc1ccc(F)cc1S(=O)(=O)C(F)(F)F. The third kappa shape index (κ3) is 3.72. The molecule has 114 valence electrons. The molecule has 0 amide bonds. The van der Waals surface area contributed by atoms with Crippen LogP contribution < -0.4 is 0 Å². The van der Waals surface area contributed by atoms with E-state index >= 15 is 0 Å². The molecule has 0 radical (unpaired) electrons. The topological polar surface area (TPSA) is 34.1 Å². The summed E-state index contributed by atoms with van der Waals surface area (Å²) in [5.74, 6) is -0.936. The van der Waals surface area contributed by atoms with Gasteiger partial charge in [-0.05, 0) is 30.0 Å². The third-order valence-electron chi connectivity index (χ3n) is 2.76. The van der Waals surface area contributed by atoms with E-state index < -0.39 is 26.1 Å². The Morgan fingerprint density at radius 3 is 2.25 bits per heavy atom. The number of benzene rings is 1. The van der Waals surface area contributed by atoms with E-state index in [2.05, 4.69) is 15.9 Å². The Labute approximate surface area is 123 Å². The first kappa shape index (κ1) is 17.4. The average molecular weight is 377 g/mol. The van der Waals surface area contributed by atoms with E-state index in [1.54, 1.807) is 0 Å². The molecule has 0 bridgehead atoms. The van der Waals surface area contributed by atoms with Crippen LogP contribution in [-0.4, -0.2) is 18.8 Å². The summed E-state index contributed by atoms with van der Waals surface area (Å²) >= 11 is 3.28. The molecule has 1 aromatic carbocycles. The minimum Gasteiger partial charge on any atom is -0.214 e. The van der Waals surface area contributed by atoms with E-state index in [0.717, 1.165) is 12.1 Å². The minimum absolute atomic E-state index is 0.0562. The molecule has 8 heteroatoms. The second-order valence-electron chi connectivity index (χ2n) is 4.67. The van der Waals surface area contributed by atoms with Crippen molar-refractivity contribution in [2.75, 3.05) is 0 Å². The Balaban J connectivity index is 3.36. The van der Waals surface area contributed by atoms with Gasteiger partial charge in [-0.2, -0.15) is 13.2 Å². The van der Waals surface area contributed by atoms with Crippen LogP contribution in [0, 0.1) is 11.7 Å². The van der Waals surface area contributed by atoms with Crippen molar-refractivity contribution in [3.63, 3.8) is 0 Å². The van der Waals surface area contributed by atoms with Crippen molar-refractivity contribution in [3.8, 4) is 0 Å². The Morgan fingerprint density at radius 1 is 1.25 bits per heavy atom. The van der Waals surface area contributed by atoms with Gasteiger partial charge in [-0.1, -0.05) is 35.8 Å². The fourth-order valence-electron chi connectivity index (χ4n) is 1.52. The van der Waals surface area contributed by atoms with Crippen LogP contribution in [0.5, 0.6) is 0 Å². The summed E-state index contributed by atoms with van der Waals surface area (Å²) in [5, 5.41) is 0. The quantitative estimate of drug-likeness (QED) is 0.585. The lowest BCUT2D eigenvalue weighted by Gasteiger charge is -2.17. The molecule has 20 heavy (non-hydrogen) atoms. The minimum atomic E-state index is -5.56. The molecule has 0 spiro atoms. The smallest absolute Gasteiger partial charge is 0.214 e. The fourth-order valence-corrected chi connectivity index (χ4v) is 2.88. The van der Waals surface area contributed by atoms with Crippen LogP contribution in [0.3, 0.4) is 0 Å². The zero-order chi connectivity index (χ0) is 15.7. The van der Waals surface area contributed by atoms with E-state index in [0.29, 0.717) is 6.07 Å². The highest BCUT2D eigenvalue weighted by molar-refractivity contribution is 9.09. The zero-order valence-electron chi connectivity index (χ0n) is 10.7. The fraction of sp³-hybridized carbons (Fsp3) is 0.500. The number of hydrogen-bond acceptors (Lipinski definition) is 2. The van der Waals surface area contributed by atoms with Gasteiger partial charge < -0.3 is 0 Å². The lowest BCUT2D eigenvalue weighted by molar-refractivity contribution is -0.0436. The van der Waals surface area contributed by atoms with Crippen LogP contribution in [-0.2, 0) is 16.3 Å². The van der Waals surface area contributed by atoms with Gasteiger partial charge in [-0.15, -0.1) is 0 Å².